The molecule has 0 heterocycles. The van der Waals surface area contributed by atoms with Crippen molar-refractivity contribution in [1.29, 1.82) is 0 Å². The van der Waals surface area contributed by atoms with Crippen molar-refractivity contribution < 1.29 is 25.8 Å². The summed E-state index contributed by atoms with van der Waals surface area (Å²) in [5.41, 5.74) is -5.36. The van der Waals surface area contributed by atoms with Crippen LogP contribution in [0, 0.1) is 5.41 Å². The van der Waals surface area contributed by atoms with Crippen molar-refractivity contribution in [3.05, 3.63) is 11.8 Å². The van der Waals surface area contributed by atoms with E-state index >= 15 is 0 Å². The van der Waals surface area contributed by atoms with Gasteiger partial charge in [-0.3, -0.25) is 0 Å². The molecule has 0 bridgehead atoms. The SMILES string of the molecule is O=S(=O)(OC1=CCCC2(CCC2)C1)C(F)(F)F. The van der Waals surface area contributed by atoms with Crippen molar-refractivity contribution in [3.63, 3.8) is 0 Å². The van der Waals surface area contributed by atoms with E-state index < -0.39 is 15.6 Å². The Labute approximate surface area is 97.8 Å². The number of hydrogen-bond acceptors (Lipinski definition) is 3. The first-order valence-electron chi connectivity index (χ1n) is 5.44. The van der Waals surface area contributed by atoms with Crippen LogP contribution in [0.3, 0.4) is 0 Å². The fourth-order valence-corrected chi connectivity index (χ4v) is 2.93. The van der Waals surface area contributed by atoms with E-state index in [-0.39, 0.29) is 11.2 Å². The fraction of sp³-hybridized carbons (Fsp3) is 0.800. The van der Waals surface area contributed by atoms with Crippen LogP contribution in [0.15, 0.2) is 11.8 Å². The molecule has 0 saturated heterocycles. The van der Waals surface area contributed by atoms with Gasteiger partial charge in [0.25, 0.3) is 0 Å². The van der Waals surface area contributed by atoms with Crippen LogP contribution in [0.2, 0.25) is 0 Å². The Kier molecular flexibility index (Phi) is 2.92. The lowest BCUT2D eigenvalue weighted by Crippen LogP contribution is -2.33. The Bertz CT molecular complexity index is 432. The maximum Gasteiger partial charge on any atom is 0.534 e. The van der Waals surface area contributed by atoms with E-state index in [1.54, 1.807) is 0 Å². The fourth-order valence-electron chi connectivity index (χ4n) is 2.42. The van der Waals surface area contributed by atoms with E-state index in [2.05, 4.69) is 4.18 Å². The van der Waals surface area contributed by atoms with Crippen molar-refractivity contribution in [2.45, 2.75) is 44.0 Å². The van der Waals surface area contributed by atoms with Gasteiger partial charge in [0.15, 0.2) is 0 Å². The number of hydrogen-bond donors (Lipinski definition) is 0. The molecule has 0 radical (unpaired) electrons. The van der Waals surface area contributed by atoms with Gasteiger partial charge in [-0.25, -0.2) is 0 Å². The molecule has 0 aromatic carbocycles. The minimum absolute atomic E-state index is 0.00873. The number of alkyl halides is 3. The molecule has 2 rings (SSSR count). The molecule has 3 nitrogen and oxygen atoms in total. The van der Waals surface area contributed by atoms with Crippen LogP contribution in [0.4, 0.5) is 13.2 Å². The van der Waals surface area contributed by atoms with Crippen molar-refractivity contribution in [3.8, 4) is 0 Å². The number of rotatable bonds is 2. The number of halogens is 3. The van der Waals surface area contributed by atoms with Gasteiger partial charge in [-0.2, -0.15) is 21.6 Å². The molecule has 98 valence electrons. The standard InChI is InChI=1S/C10H13F3O3S/c11-10(12,13)17(14,15)16-8-3-1-4-9(7-8)5-2-6-9/h3H,1-2,4-7H2. The third kappa shape index (κ3) is 2.43. The second kappa shape index (κ2) is 3.90. The largest absolute Gasteiger partial charge is 0.534 e. The Morgan fingerprint density at radius 3 is 2.35 bits per heavy atom. The molecule has 1 spiro atoms. The molecule has 1 saturated carbocycles. The highest BCUT2D eigenvalue weighted by atomic mass is 32.2. The van der Waals surface area contributed by atoms with Crippen molar-refractivity contribution in [2.24, 2.45) is 5.41 Å². The zero-order chi connectivity index (χ0) is 12.7. The van der Waals surface area contributed by atoms with Crippen LogP contribution in [-0.2, 0) is 14.3 Å². The molecule has 1 fully saturated rings. The lowest BCUT2D eigenvalue weighted by Gasteiger charge is -2.44. The van der Waals surface area contributed by atoms with Crippen LogP contribution in [0.1, 0.15) is 38.5 Å². The van der Waals surface area contributed by atoms with Gasteiger partial charge in [0.05, 0.1) is 0 Å². The first-order chi connectivity index (χ1) is 7.74. The third-order valence-electron chi connectivity index (χ3n) is 3.51. The highest BCUT2D eigenvalue weighted by Crippen LogP contribution is 2.52. The van der Waals surface area contributed by atoms with E-state index in [1.807, 2.05) is 0 Å². The molecule has 0 atom stereocenters. The summed E-state index contributed by atoms with van der Waals surface area (Å²) in [5, 5.41) is 0. The summed E-state index contributed by atoms with van der Waals surface area (Å²) in [6, 6.07) is 0. The third-order valence-corrected chi connectivity index (χ3v) is 4.51. The topological polar surface area (TPSA) is 43.4 Å². The van der Waals surface area contributed by atoms with Gasteiger partial charge in [-0.05, 0) is 37.2 Å². The zero-order valence-corrected chi connectivity index (χ0v) is 9.90. The summed E-state index contributed by atoms with van der Waals surface area (Å²) in [7, 11) is -5.50. The van der Waals surface area contributed by atoms with Gasteiger partial charge in [0.2, 0.25) is 0 Å². The van der Waals surface area contributed by atoms with Gasteiger partial charge >= 0.3 is 15.6 Å². The van der Waals surface area contributed by atoms with Crippen molar-refractivity contribution in [1.82, 2.24) is 0 Å². The summed E-state index contributed by atoms with van der Waals surface area (Å²) >= 11 is 0. The molecule has 2 aliphatic rings. The molecule has 0 unspecified atom stereocenters. The van der Waals surface area contributed by atoms with Crippen LogP contribution >= 0.6 is 0 Å². The second-order valence-corrected chi connectivity index (χ2v) is 6.26. The van der Waals surface area contributed by atoms with Gasteiger partial charge in [-0.15, -0.1) is 0 Å². The summed E-state index contributed by atoms with van der Waals surface area (Å²) in [6.45, 7) is 0. The lowest BCUT2D eigenvalue weighted by atomic mass is 9.62. The van der Waals surface area contributed by atoms with Gasteiger partial charge < -0.3 is 4.18 Å². The quantitative estimate of drug-likeness (QED) is 0.572. The summed E-state index contributed by atoms with van der Waals surface area (Å²) in [4.78, 5) is 0. The number of allylic oxidation sites excluding steroid dienone is 2. The van der Waals surface area contributed by atoms with Crippen LogP contribution in [0.5, 0.6) is 0 Å². The maximum atomic E-state index is 12.1. The normalized spacial score (nSPS) is 24.1. The van der Waals surface area contributed by atoms with E-state index in [0.717, 1.165) is 25.7 Å². The molecule has 0 N–H and O–H groups in total. The van der Waals surface area contributed by atoms with E-state index in [4.69, 9.17) is 0 Å². The summed E-state index contributed by atoms with van der Waals surface area (Å²) in [6.07, 6.45) is 6.20. The van der Waals surface area contributed by atoms with Crippen molar-refractivity contribution in [2.75, 3.05) is 0 Å². The predicted molar refractivity (Wildman–Crippen MR) is 54.3 cm³/mol. The Morgan fingerprint density at radius 1 is 1.24 bits per heavy atom. The average Bonchev–Trinajstić information content (AvgIpc) is 2.13. The van der Waals surface area contributed by atoms with E-state index in [9.17, 15) is 21.6 Å². The van der Waals surface area contributed by atoms with Crippen LogP contribution in [0.25, 0.3) is 0 Å². The van der Waals surface area contributed by atoms with E-state index in [0.29, 0.717) is 12.8 Å². The molecule has 17 heavy (non-hydrogen) atoms. The van der Waals surface area contributed by atoms with Crippen LogP contribution in [-0.4, -0.2) is 13.9 Å². The van der Waals surface area contributed by atoms with E-state index in [1.165, 1.54) is 6.08 Å². The molecule has 0 amide bonds. The maximum absolute atomic E-state index is 12.1. The minimum Gasteiger partial charge on any atom is -0.381 e. The molecule has 0 aromatic rings. The predicted octanol–water partition coefficient (Wildman–Crippen LogP) is 3.09. The highest BCUT2D eigenvalue weighted by Gasteiger charge is 2.50. The Morgan fingerprint density at radius 2 is 1.88 bits per heavy atom. The summed E-state index contributed by atoms with van der Waals surface area (Å²) in [5.74, 6) is -0.0479. The summed E-state index contributed by atoms with van der Waals surface area (Å²) < 4.78 is 62.3. The first kappa shape index (κ1) is 12.7. The van der Waals surface area contributed by atoms with Gasteiger partial charge in [0.1, 0.15) is 5.76 Å². The Hall–Kier alpha value is -0.720. The van der Waals surface area contributed by atoms with Crippen LogP contribution < -0.4 is 0 Å². The molecule has 0 aromatic heterocycles. The Balaban J connectivity index is 2.07. The molecule has 2 aliphatic carbocycles. The van der Waals surface area contributed by atoms with Gasteiger partial charge in [0, 0.05) is 6.42 Å². The molecular weight excluding hydrogens is 257 g/mol. The second-order valence-electron chi connectivity index (χ2n) is 4.72. The zero-order valence-electron chi connectivity index (χ0n) is 9.09. The average molecular weight is 270 g/mol. The molecule has 0 aliphatic heterocycles. The smallest absolute Gasteiger partial charge is 0.381 e. The monoisotopic (exact) mass is 270 g/mol. The van der Waals surface area contributed by atoms with Gasteiger partial charge in [-0.1, -0.05) is 6.42 Å². The minimum atomic E-state index is -5.50. The first-order valence-corrected chi connectivity index (χ1v) is 6.85. The molecule has 7 heteroatoms. The molecular formula is C10H13F3O3S. The highest BCUT2D eigenvalue weighted by molar-refractivity contribution is 7.87. The lowest BCUT2D eigenvalue weighted by molar-refractivity contribution is -0.0531. The van der Waals surface area contributed by atoms with Crippen molar-refractivity contribution >= 4 is 10.1 Å².